The van der Waals surface area contributed by atoms with Crippen LogP contribution in [0.5, 0.6) is 5.75 Å². The fourth-order valence-corrected chi connectivity index (χ4v) is 3.07. The molecule has 4 nitrogen and oxygen atoms in total. The third-order valence-electron chi connectivity index (χ3n) is 3.16. The van der Waals surface area contributed by atoms with Crippen LogP contribution in [-0.4, -0.2) is 22.7 Å². The Bertz CT molecular complexity index is 622. The van der Waals surface area contributed by atoms with Gasteiger partial charge in [-0.3, -0.25) is 0 Å². The zero-order chi connectivity index (χ0) is 15.2. The van der Waals surface area contributed by atoms with Crippen molar-refractivity contribution in [3.05, 3.63) is 45.4 Å². The highest BCUT2D eigenvalue weighted by molar-refractivity contribution is 7.13. The number of benzene rings is 1. The molecule has 0 aliphatic carbocycles. The molecule has 5 heteroatoms. The van der Waals surface area contributed by atoms with Gasteiger partial charge in [-0.1, -0.05) is 25.1 Å². The van der Waals surface area contributed by atoms with Crippen molar-refractivity contribution in [2.24, 2.45) is 0 Å². The summed E-state index contributed by atoms with van der Waals surface area (Å²) in [5, 5.41) is 9.98. The number of para-hydroxylation sites is 1. The first kappa shape index (κ1) is 15.5. The van der Waals surface area contributed by atoms with Crippen LogP contribution in [0.1, 0.15) is 39.3 Å². The average Bonchev–Trinajstić information content (AvgIpc) is 2.89. The lowest BCUT2D eigenvalue weighted by Crippen LogP contribution is -2.00. The quantitative estimate of drug-likeness (QED) is 0.792. The SMILES string of the molecule is CCc1nc(CCCOc2ccccc2C)sc1C(=O)O. The molecule has 0 fully saturated rings. The maximum absolute atomic E-state index is 11.1. The van der Waals surface area contributed by atoms with Crippen LogP contribution < -0.4 is 4.74 Å². The second-order valence-electron chi connectivity index (χ2n) is 4.76. The van der Waals surface area contributed by atoms with Gasteiger partial charge in [0, 0.05) is 6.42 Å². The summed E-state index contributed by atoms with van der Waals surface area (Å²) in [7, 11) is 0. The molecule has 0 unspecified atom stereocenters. The molecule has 0 saturated heterocycles. The number of ether oxygens (including phenoxy) is 1. The minimum Gasteiger partial charge on any atom is -0.493 e. The number of hydrogen-bond donors (Lipinski definition) is 1. The molecule has 1 N–H and O–H groups in total. The molecular formula is C16H19NO3S. The van der Waals surface area contributed by atoms with Crippen LogP contribution in [0.3, 0.4) is 0 Å². The maximum Gasteiger partial charge on any atom is 0.347 e. The lowest BCUT2D eigenvalue weighted by atomic mass is 10.2. The van der Waals surface area contributed by atoms with Gasteiger partial charge in [0.15, 0.2) is 0 Å². The summed E-state index contributed by atoms with van der Waals surface area (Å²) < 4.78 is 5.73. The fourth-order valence-electron chi connectivity index (χ4n) is 2.04. The van der Waals surface area contributed by atoms with Crippen LogP contribution in [0, 0.1) is 6.92 Å². The van der Waals surface area contributed by atoms with E-state index in [9.17, 15) is 4.79 Å². The molecule has 1 aromatic carbocycles. The molecule has 0 aliphatic rings. The third kappa shape index (κ3) is 4.04. The van der Waals surface area contributed by atoms with E-state index in [1.807, 2.05) is 38.1 Å². The van der Waals surface area contributed by atoms with E-state index in [2.05, 4.69) is 4.98 Å². The van der Waals surface area contributed by atoms with Gasteiger partial charge in [0.05, 0.1) is 17.3 Å². The Morgan fingerprint density at radius 1 is 1.38 bits per heavy atom. The molecule has 0 atom stereocenters. The number of aromatic carboxylic acids is 1. The number of aromatic nitrogens is 1. The topological polar surface area (TPSA) is 59.4 Å². The first-order valence-corrected chi connectivity index (χ1v) is 7.83. The zero-order valence-electron chi connectivity index (χ0n) is 12.3. The number of rotatable bonds is 7. The molecule has 1 aromatic heterocycles. The Labute approximate surface area is 128 Å². The number of carbonyl (C=O) groups is 1. The molecule has 0 aliphatic heterocycles. The van der Waals surface area contributed by atoms with Crippen molar-refractivity contribution < 1.29 is 14.6 Å². The van der Waals surface area contributed by atoms with Crippen LogP contribution in [0.15, 0.2) is 24.3 Å². The summed E-state index contributed by atoms with van der Waals surface area (Å²) in [4.78, 5) is 15.9. The van der Waals surface area contributed by atoms with E-state index in [-0.39, 0.29) is 0 Å². The standard InChI is InChI=1S/C16H19NO3S/c1-3-12-15(16(18)19)21-14(17-12)9-6-10-20-13-8-5-4-7-11(13)2/h4-5,7-8H,3,6,9-10H2,1-2H3,(H,18,19). The number of nitrogens with zero attached hydrogens (tertiary/aromatic N) is 1. The van der Waals surface area contributed by atoms with E-state index in [4.69, 9.17) is 9.84 Å². The molecule has 0 spiro atoms. The van der Waals surface area contributed by atoms with Crippen LogP contribution in [0.25, 0.3) is 0 Å². The van der Waals surface area contributed by atoms with Crippen LogP contribution in [0.2, 0.25) is 0 Å². The molecule has 0 bridgehead atoms. The molecule has 112 valence electrons. The summed E-state index contributed by atoms with van der Waals surface area (Å²) >= 11 is 1.28. The Kier molecular flexibility index (Phi) is 5.33. The summed E-state index contributed by atoms with van der Waals surface area (Å²) in [6, 6.07) is 7.91. The monoisotopic (exact) mass is 305 g/mol. The van der Waals surface area contributed by atoms with Gasteiger partial charge in [-0.25, -0.2) is 9.78 Å². The smallest absolute Gasteiger partial charge is 0.347 e. The average molecular weight is 305 g/mol. The molecule has 21 heavy (non-hydrogen) atoms. The number of carboxylic acids is 1. The van der Waals surface area contributed by atoms with Gasteiger partial charge in [0.2, 0.25) is 0 Å². The molecule has 1 heterocycles. The van der Waals surface area contributed by atoms with E-state index in [1.165, 1.54) is 11.3 Å². The van der Waals surface area contributed by atoms with Crippen molar-refractivity contribution in [1.82, 2.24) is 4.98 Å². The second-order valence-corrected chi connectivity index (χ2v) is 5.84. The van der Waals surface area contributed by atoms with Crippen molar-refractivity contribution in [2.45, 2.75) is 33.1 Å². The summed E-state index contributed by atoms with van der Waals surface area (Å²) in [6.45, 7) is 4.55. The first-order chi connectivity index (χ1) is 10.1. The molecule has 2 aromatic rings. The molecule has 0 saturated carbocycles. The van der Waals surface area contributed by atoms with Gasteiger partial charge in [0.25, 0.3) is 0 Å². The summed E-state index contributed by atoms with van der Waals surface area (Å²) in [6.07, 6.45) is 2.22. The molecule has 0 amide bonds. The maximum atomic E-state index is 11.1. The predicted molar refractivity (Wildman–Crippen MR) is 83.4 cm³/mol. The Morgan fingerprint density at radius 3 is 2.76 bits per heavy atom. The second kappa shape index (κ2) is 7.22. The van der Waals surface area contributed by atoms with E-state index in [0.29, 0.717) is 23.6 Å². The molecule has 0 radical (unpaired) electrons. The normalized spacial score (nSPS) is 10.6. The Hall–Kier alpha value is -1.88. The van der Waals surface area contributed by atoms with Crippen LogP contribution in [-0.2, 0) is 12.8 Å². The van der Waals surface area contributed by atoms with Gasteiger partial charge in [0.1, 0.15) is 10.6 Å². The Morgan fingerprint density at radius 2 is 2.14 bits per heavy atom. The van der Waals surface area contributed by atoms with Crippen molar-refractivity contribution in [1.29, 1.82) is 0 Å². The van der Waals surface area contributed by atoms with Gasteiger partial charge in [-0.05, 0) is 31.4 Å². The van der Waals surface area contributed by atoms with E-state index in [0.717, 1.165) is 29.2 Å². The largest absolute Gasteiger partial charge is 0.493 e. The van der Waals surface area contributed by atoms with Crippen LogP contribution in [0.4, 0.5) is 0 Å². The minimum absolute atomic E-state index is 0.368. The zero-order valence-corrected chi connectivity index (χ0v) is 13.1. The first-order valence-electron chi connectivity index (χ1n) is 7.02. The number of aryl methyl sites for hydroxylation is 3. The highest BCUT2D eigenvalue weighted by Crippen LogP contribution is 2.21. The number of hydrogen-bond acceptors (Lipinski definition) is 4. The van der Waals surface area contributed by atoms with Crippen molar-refractivity contribution in [3.8, 4) is 5.75 Å². The van der Waals surface area contributed by atoms with Crippen molar-refractivity contribution in [3.63, 3.8) is 0 Å². The van der Waals surface area contributed by atoms with Crippen molar-refractivity contribution >= 4 is 17.3 Å². The minimum atomic E-state index is -0.883. The van der Waals surface area contributed by atoms with E-state index < -0.39 is 5.97 Å². The lowest BCUT2D eigenvalue weighted by molar-refractivity contribution is 0.0701. The van der Waals surface area contributed by atoms with Crippen LogP contribution >= 0.6 is 11.3 Å². The van der Waals surface area contributed by atoms with Gasteiger partial charge in [-0.2, -0.15) is 0 Å². The summed E-state index contributed by atoms with van der Waals surface area (Å²) in [5.74, 6) is 0.0175. The number of carboxylic acid groups (broad SMARTS) is 1. The molecule has 2 rings (SSSR count). The molecular weight excluding hydrogens is 286 g/mol. The Balaban J connectivity index is 1.86. The third-order valence-corrected chi connectivity index (χ3v) is 4.30. The predicted octanol–water partition coefficient (Wildman–Crippen LogP) is 3.72. The van der Waals surface area contributed by atoms with Gasteiger partial charge >= 0.3 is 5.97 Å². The fraction of sp³-hybridized carbons (Fsp3) is 0.375. The summed E-state index contributed by atoms with van der Waals surface area (Å²) in [5.41, 5.74) is 1.80. The van der Waals surface area contributed by atoms with E-state index in [1.54, 1.807) is 0 Å². The lowest BCUT2D eigenvalue weighted by Gasteiger charge is -2.07. The highest BCUT2D eigenvalue weighted by atomic mass is 32.1. The van der Waals surface area contributed by atoms with E-state index >= 15 is 0 Å². The number of thiazole rings is 1. The van der Waals surface area contributed by atoms with Gasteiger partial charge in [-0.15, -0.1) is 11.3 Å². The van der Waals surface area contributed by atoms with Gasteiger partial charge < -0.3 is 9.84 Å². The van der Waals surface area contributed by atoms with Crippen molar-refractivity contribution in [2.75, 3.05) is 6.61 Å². The highest BCUT2D eigenvalue weighted by Gasteiger charge is 2.15.